The van der Waals surface area contributed by atoms with Crippen LogP contribution in [-0.2, 0) is 10.0 Å². The van der Waals surface area contributed by atoms with Crippen molar-refractivity contribution in [2.45, 2.75) is 4.90 Å². The first-order chi connectivity index (χ1) is 12.3. The van der Waals surface area contributed by atoms with E-state index in [-0.39, 0.29) is 21.0 Å². The molecule has 0 unspecified atom stereocenters. The van der Waals surface area contributed by atoms with E-state index in [9.17, 15) is 17.2 Å². The van der Waals surface area contributed by atoms with Crippen LogP contribution in [0, 0.1) is 11.6 Å². The predicted molar refractivity (Wildman–Crippen MR) is 94.9 cm³/mol. The number of primary sulfonamides is 1. The van der Waals surface area contributed by atoms with Crippen LogP contribution < -0.4 is 5.14 Å². The molecule has 0 amide bonds. The van der Waals surface area contributed by atoms with E-state index in [1.807, 2.05) is 0 Å². The van der Waals surface area contributed by atoms with Crippen LogP contribution in [0.5, 0.6) is 0 Å². The highest BCUT2D eigenvalue weighted by Gasteiger charge is 2.22. The van der Waals surface area contributed by atoms with E-state index in [0.29, 0.717) is 16.4 Å². The van der Waals surface area contributed by atoms with Gasteiger partial charge in [-0.2, -0.15) is 0 Å². The van der Waals surface area contributed by atoms with Gasteiger partial charge in [0.05, 0.1) is 21.7 Å². The Kier molecular flexibility index (Phi) is 3.72. The summed E-state index contributed by atoms with van der Waals surface area (Å²) in [4.78, 5) is 4.05. The predicted octanol–water partition coefficient (Wildman–Crippen LogP) is 3.76. The lowest BCUT2D eigenvalue weighted by atomic mass is 10.1. The van der Waals surface area contributed by atoms with Crippen LogP contribution in [0.2, 0.25) is 5.02 Å². The molecule has 4 aromatic rings. The lowest BCUT2D eigenvalue weighted by Crippen LogP contribution is -2.11. The van der Waals surface area contributed by atoms with Gasteiger partial charge in [-0.05, 0) is 12.1 Å². The van der Waals surface area contributed by atoms with Crippen molar-refractivity contribution in [3.63, 3.8) is 0 Å². The number of nitrogens with two attached hydrogens (primary N) is 1. The molecule has 0 aliphatic carbocycles. The van der Waals surface area contributed by atoms with Crippen molar-refractivity contribution in [1.29, 1.82) is 0 Å². The zero-order chi connectivity index (χ0) is 18.6. The lowest BCUT2D eigenvalue weighted by molar-refractivity contribution is 0.593. The molecule has 5 nitrogen and oxygen atoms in total. The van der Waals surface area contributed by atoms with Crippen LogP contribution in [0.15, 0.2) is 53.7 Å². The van der Waals surface area contributed by atoms with Gasteiger partial charge < -0.3 is 4.57 Å². The van der Waals surface area contributed by atoms with Gasteiger partial charge in [-0.3, -0.25) is 4.98 Å². The Bertz CT molecular complexity index is 1300. The van der Waals surface area contributed by atoms with Gasteiger partial charge in [0.1, 0.15) is 16.5 Å². The van der Waals surface area contributed by atoms with Crippen LogP contribution in [-0.4, -0.2) is 18.0 Å². The third-order valence-corrected chi connectivity index (χ3v) is 5.28. The molecule has 0 saturated carbocycles. The molecule has 132 valence electrons. The van der Waals surface area contributed by atoms with Crippen molar-refractivity contribution in [2.75, 3.05) is 0 Å². The maximum Gasteiger partial charge on any atom is 0.240 e. The number of hydrogen-bond acceptors (Lipinski definition) is 3. The maximum absolute atomic E-state index is 14.5. The molecule has 4 rings (SSSR count). The average molecular weight is 394 g/mol. The smallest absolute Gasteiger partial charge is 0.240 e. The zero-order valence-electron chi connectivity index (χ0n) is 12.9. The fourth-order valence-electron chi connectivity index (χ4n) is 2.94. The van der Waals surface area contributed by atoms with Gasteiger partial charge in [0, 0.05) is 29.2 Å². The van der Waals surface area contributed by atoms with Crippen LogP contribution in [0.4, 0.5) is 8.78 Å². The van der Waals surface area contributed by atoms with Crippen molar-refractivity contribution < 1.29 is 17.2 Å². The molecule has 0 spiro atoms. The lowest BCUT2D eigenvalue weighted by Gasteiger charge is -2.09. The average Bonchev–Trinajstić information content (AvgIpc) is 2.98. The molecule has 2 aromatic heterocycles. The summed E-state index contributed by atoms with van der Waals surface area (Å²) < 4.78 is 53.6. The molecule has 9 heteroatoms. The molecule has 0 atom stereocenters. The summed E-state index contributed by atoms with van der Waals surface area (Å²) in [5.41, 5.74) is 0.521. The second-order valence-corrected chi connectivity index (χ2v) is 7.60. The summed E-state index contributed by atoms with van der Waals surface area (Å²) in [7, 11) is -4.11. The first kappa shape index (κ1) is 16.9. The molecule has 0 aliphatic rings. The Morgan fingerprint density at radius 1 is 1.12 bits per heavy atom. The summed E-state index contributed by atoms with van der Waals surface area (Å²) >= 11 is 5.61. The van der Waals surface area contributed by atoms with E-state index in [4.69, 9.17) is 16.7 Å². The minimum absolute atomic E-state index is 0.204. The van der Waals surface area contributed by atoms with E-state index >= 15 is 0 Å². The Hall–Kier alpha value is -2.55. The van der Waals surface area contributed by atoms with Crippen LogP contribution in [0.1, 0.15) is 0 Å². The number of hydrogen-bond donors (Lipinski definition) is 1. The number of sulfonamides is 1. The minimum Gasteiger partial charge on any atom is -0.310 e. The van der Waals surface area contributed by atoms with Crippen LogP contribution >= 0.6 is 11.6 Å². The molecule has 26 heavy (non-hydrogen) atoms. The first-order valence-electron chi connectivity index (χ1n) is 7.34. The zero-order valence-corrected chi connectivity index (χ0v) is 14.5. The number of halogens is 3. The number of benzene rings is 2. The van der Waals surface area contributed by atoms with Crippen LogP contribution in [0.25, 0.3) is 27.5 Å². The van der Waals surface area contributed by atoms with E-state index in [0.717, 1.165) is 18.3 Å². The first-order valence-corrected chi connectivity index (χ1v) is 9.26. The van der Waals surface area contributed by atoms with Crippen LogP contribution in [0.3, 0.4) is 0 Å². The van der Waals surface area contributed by atoms with Gasteiger partial charge in [0.2, 0.25) is 10.0 Å². The number of nitrogens with zero attached hydrogens (tertiary/aromatic N) is 2. The molecular weight excluding hydrogens is 384 g/mol. The highest BCUT2D eigenvalue weighted by molar-refractivity contribution is 7.89. The molecule has 2 N–H and O–H groups in total. The van der Waals surface area contributed by atoms with Gasteiger partial charge in [0.15, 0.2) is 0 Å². The fourth-order valence-corrected chi connectivity index (χ4v) is 3.81. The van der Waals surface area contributed by atoms with Gasteiger partial charge >= 0.3 is 0 Å². The summed E-state index contributed by atoms with van der Waals surface area (Å²) in [5.74, 6) is -1.66. The number of fused-ring (bicyclic) bond motifs is 3. The van der Waals surface area contributed by atoms with Crippen molar-refractivity contribution in [3.05, 3.63) is 65.4 Å². The Balaban J connectivity index is 2.22. The Morgan fingerprint density at radius 3 is 2.62 bits per heavy atom. The summed E-state index contributed by atoms with van der Waals surface area (Å²) in [6.45, 7) is 0. The molecule has 2 aromatic carbocycles. The van der Waals surface area contributed by atoms with Gasteiger partial charge in [-0.25, -0.2) is 22.3 Å². The third-order valence-electron chi connectivity index (χ3n) is 4.06. The van der Waals surface area contributed by atoms with E-state index in [1.165, 1.54) is 10.8 Å². The topological polar surface area (TPSA) is 78.0 Å². The Morgan fingerprint density at radius 2 is 1.88 bits per heavy atom. The fraction of sp³-hybridized carbons (Fsp3) is 0. The van der Waals surface area contributed by atoms with Crippen molar-refractivity contribution in [3.8, 4) is 5.69 Å². The second-order valence-electron chi connectivity index (χ2n) is 5.66. The third kappa shape index (κ3) is 2.54. The maximum atomic E-state index is 14.5. The van der Waals surface area contributed by atoms with Gasteiger partial charge in [-0.1, -0.05) is 29.8 Å². The molecule has 0 saturated heterocycles. The normalized spacial score (nSPS) is 12.2. The molecular formula is C17H10ClF2N3O2S. The van der Waals surface area contributed by atoms with Gasteiger partial charge in [-0.15, -0.1) is 0 Å². The standard InChI is InChI=1S/C17H10ClF2N3O2S/c18-11-6-13(20)14(7-12(11)19)23-8-15(26(21,24)25)10-4-3-9-2-1-5-22-16(9)17(10)23/h1-8H,(H2,21,24,25). The second kappa shape index (κ2) is 5.73. The summed E-state index contributed by atoms with van der Waals surface area (Å²) in [6.07, 6.45) is 2.68. The highest BCUT2D eigenvalue weighted by Crippen LogP contribution is 2.34. The minimum atomic E-state index is -4.11. The molecule has 2 heterocycles. The monoisotopic (exact) mass is 393 g/mol. The summed E-state index contributed by atoms with van der Waals surface area (Å²) in [6, 6.07) is 8.44. The van der Waals surface area contributed by atoms with E-state index in [2.05, 4.69) is 4.98 Å². The molecule has 0 radical (unpaired) electrons. The quantitative estimate of drug-likeness (QED) is 0.527. The van der Waals surface area contributed by atoms with E-state index < -0.39 is 21.7 Å². The van der Waals surface area contributed by atoms with Crippen molar-refractivity contribution >= 4 is 43.4 Å². The molecule has 0 fully saturated rings. The molecule has 0 bridgehead atoms. The van der Waals surface area contributed by atoms with E-state index in [1.54, 1.807) is 24.3 Å². The van der Waals surface area contributed by atoms with Crippen molar-refractivity contribution in [2.24, 2.45) is 5.14 Å². The number of rotatable bonds is 2. The van der Waals surface area contributed by atoms with Crippen molar-refractivity contribution in [1.82, 2.24) is 9.55 Å². The highest BCUT2D eigenvalue weighted by atomic mass is 35.5. The Labute approximate surface area is 151 Å². The summed E-state index contributed by atoms with van der Waals surface area (Å²) in [5, 5.41) is 5.88. The van der Waals surface area contributed by atoms with Gasteiger partial charge in [0.25, 0.3) is 0 Å². The number of aromatic nitrogens is 2. The SMILES string of the molecule is NS(=O)(=O)c1cn(-c2cc(F)c(Cl)cc2F)c2c1ccc1cccnc12. The number of pyridine rings is 1. The largest absolute Gasteiger partial charge is 0.310 e. The molecule has 0 aliphatic heterocycles.